The molecule has 3 heteroatoms. The smallest absolute Gasteiger partial charge is 0.335 e. The Balaban J connectivity index is 2.34. The molecular weight excluding hydrogens is 288 g/mol. The number of carboxylic acids is 1. The van der Waals surface area contributed by atoms with Crippen molar-refractivity contribution in [3.63, 3.8) is 0 Å². The van der Waals surface area contributed by atoms with E-state index in [9.17, 15) is 9.90 Å². The van der Waals surface area contributed by atoms with Crippen molar-refractivity contribution in [3.8, 4) is 16.9 Å². The van der Waals surface area contributed by atoms with Crippen molar-refractivity contribution < 1.29 is 14.6 Å². The second kappa shape index (κ2) is 7.82. The van der Waals surface area contributed by atoms with Crippen molar-refractivity contribution in [3.05, 3.63) is 53.6 Å². The first-order valence-electron chi connectivity index (χ1n) is 8.17. The number of benzene rings is 2. The highest BCUT2D eigenvalue weighted by Crippen LogP contribution is 2.29. The van der Waals surface area contributed by atoms with Crippen molar-refractivity contribution in [2.24, 2.45) is 0 Å². The van der Waals surface area contributed by atoms with Crippen LogP contribution in [0.1, 0.15) is 55.5 Å². The standard InChI is InChI=1S/C20H24O3/c1-4-12-23-17-9-6-15(7-10-17)16-8-11-18(20(21)22)19(13-16)14(3)5-2/h6-11,13-14H,4-5,12H2,1-3H3,(H,21,22). The summed E-state index contributed by atoms with van der Waals surface area (Å²) in [5, 5.41) is 9.37. The largest absolute Gasteiger partial charge is 0.494 e. The SMILES string of the molecule is CCCOc1ccc(-c2ccc(C(=O)O)c(C(C)CC)c2)cc1. The summed E-state index contributed by atoms with van der Waals surface area (Å²) >= 11 is 0. The minimum Gasteiger partial charge on any atom is -0.494 e. The van der Waals surface area contributed by atoms with Gasteiger partial charge in [0, 0.05) is 0 Å². The highest BCUT2D eigenvalue weighted by molar-refractivity contribution is 5.90. The maximum atomic E-state index is 11.4. The molecule has 0 saturated heterocycles. The first-order chi connectivity index (χ1) is 11.1. The molecule has 1 N–H and O–H groups in total. The van der Waals surface area contributed by atoms with E-state index in [4.69, 9.17) is 4.74 Å². The molecule has 2 aromatic carbocycles. The van der Waals surface area contributed by atoms with Gasteiger partial charge in [0.05, 0.1) is 12.2 Å². The molecule has 0 amide bonds. The number of carboxylic acid groups (broad SMARTS) is 1. The summed E-state index contributed by atoms with van der Waals surface area (Å²) in [6.07, 6.45) is 1.89. The fourth-order valence-corrected chi connectivity index (χ4v) is 2.53. The van der Waals surface area contributed by atoms with Gasteiger partial charge >= 0.3 is 5.97 Å². The van der Waals surface area contributed by atoms with E-state index in [0.717, 1.165) is 35.3 Å². The van der Waals surface area contributed by atoms with Crippen LogP contribution in [0.4, 0.5) is 0 Å². The molecule has 0 aliphatic rings. The van der Waals surface area contributed by atoms with Gasteiger partial charge in [0.2, 0.25) is 0 Å². The van der Waals surface area contributed by atoms with Crippen molar-refractivity contribution in [2.75, 3.05) is 6.61 Å². The quantitative estimate of drug-likeness (QED) is 0.749. The Morgan fingerprint density at radius 1 is 1.09 bits per heavy atom. The van der Waals surface area contributed by atoms with Crippen LogP contribution in [-0.4, -0.2) is 17.7 Å². The highest BCUT2D eigenvalue weighted by Gasteiger charge is 2.15. The molecule has 2 rings (SSSR count). The fourth-order valence-electron chi connectivity index (χ4n) is 2.53. The second-order valence-corrected chi connectivity index (χ2v) is 5.79. The molecular formula is C20H24O3. The molecule has 0 fully saturated rings. The molecule has 1 atom stereocenters. The Bertz CT molecular complexity index is 659. The lowest BCUT2D eigenvalue weighted by atomic mass is 9.90. The summed E-state index contributed by atoms with van der Waals surface area (Å²) in [5.74, 6) is 0.211. The average molecular weight is 312 g/mol. The maximum Gasteiger partial charge on any atom is 0.335 e. The average Bonchev–Trinajstić information content (AvgIpc) is 2.59. The Morgan fingerprint density at radius 3 is 2.30 bits per heavy atom. The normalized spacial score (nSPS) is 12.0. The molecule has 0 spiro atoms. The van der Waals surface area contributed by atoms with Crippen LogP contribution < -0.4 is 4.74 Å². The lowest BCUT2D eigenvalue weighted by Gasteiger charge is -2.15. The number of hydrogen-bond donors (Lipinski definition) is 1. The van der Waals surface area contributed by atoms with Crippen LogP contribution in [0, 0.1) is 0 Å². The van der Waals surface area contributed by atoms with Gasteiger partial charge in [-0.25, -0.2) is 4.79 Å². The molecule has 122 valence electrons. The number of aromatic carboxylic acids is 1. The molecule has 0 saturated carbocycles. The minimum absolute atomic E-state index is 0.216. The number of ether oxygens (including phenoxy) is 1. The zero-order valence-corrected chi connectivity index (χ0v) is 14.0. The lowest BCUT2D eigenvalue weighted by Crippen LogP contribution is -2.05. The van der Waals surface area contributed by atoms with Gasteiger partial charge in [-0.2, -0.15) is 0 Å². The Kier molecular flexibility index (Phi) is 5.80. The van der Waals surface area contributed by atoms with Gasteiger partial charge in [-0.1, -0.05) is 45.0 Å². The van der Waals surface area contributed by atoms with Crippen LogP contribution in [0.2, 0.25) is 0 Å². The van der Waals surface area contributed by atoms with Crippen molar-refractivity contribution in [1.29, 1.82) is 0 Å². The minimum atomic E-state index is -0.866. The van der Waals surface area contributed by atoms with Gasteiger partial charge in [-0.05, 0) is 53.6 Å². The summed E-state index contributed by atoms with van der Waals surface area (Å²) in [6.45, 7) is 6.93. The predicted octanol–water partition coefficient (Wildman–Crippen LogP) is 5.35. The predicted molar refractivity (Wildman–Crippen MR) is 93.3 cm³/mol. The van der Waals surface area contributed by atoms with Crippen molar-refractivity contribution >= 4 is 5.97 Å². The third-order valence-corrected chi connectivity index (χ3v) is 4.09. The molecule has 0 heterocycles. The van der Waals surface area contributed by atoms with Gasteiger partial charge in [0.25, 0.3) is 0 Å². The molecule has 2 aromatic rings. The van der Waals surface area contributed by atoms with E-state index in [2.05, 4.69) is 20.8 Å². The number of rotatable bonds is 7. The fraction of sp³-hybridized carbons (Fsp3) is 0.350. The Morgan fingerprint density at radius 2 is 1.74 bits per heavy atom. The van der Waals surface area contributed by atoms with E-state index in [0.29, 0.717) is 12.2 Å². The summed E-state index contributed by atoms with van der Waals surface area (Å²) in [6, 6.07) is 13.5. The van der Waals surface area contributed by atoms with Crippen LogP contribution in [0.25, 0.3) is 11.1 Å². The monoisotopic (exact) mass is 312 g/mol. The first kappa shape index (κ1) is 17.1. The third kappa shape index (κ3) is 4.13. The molecule has 0 aliphatic heterocycles. The van der Waals surface area contributed by atoms with Crippen molar-refractivity contribution in [2.45, 2.75) is 39.5 Å². The van der Waals surface area contributed by atoms with Crippen LogP contribution in [-0.2, 0) is 0 Å². The zero-order chi connectivity index (χ0) is 16.8. The van der Waals surface area contributed by atoms with Gasteiger partial charge < -0.3 is 9.84 Å². The molecule has 1 unspecified atom stereocenters. The maximum absolute atomic E-state index is 11.4. The summed E-state index contributed by atoms with van der Waals surface area (Å²) in [5.41, 5.74) is 3.39. The van der Waals surface area contributed by atoms with E-state index >= 15 is 0 Å². The van der Waals surface area contributed by atoms with Gasteiger partial charge in [-0.15, -0.1) is 0 Å². The van der Waals surface area contributed by atoms with Gasteiger partial charge in [0.15, 0.2) is 0 Å². The Hall–Kier alpha value is -2.29. The summed E-state index contributed by atoms with van der Waals surface area (Å²) in [4.78, 5) is 11.4. The molecule has 0 bridgehead atoms. The molecule has 23 heavy (non-hydrogen) atoms. The van der Waals surface area contributed by atoms with Crippen LogP contribution in [0.15, 0.2) is 42.5 Å². The van der Waals surface area contributed by atoms with E-state index in [1.54, 1.807) is 6.07 Å². The van der Waals surface area contributed by atoms with E-state index in [1.807, 2.05) is 36.4 Å². The number of carbonyl (C=O) groups is 1. The van der Waals surface area contributed by atoms with Crippen LogP contribution >= 0.6 is 0 Å². The second-order valence-electron chi connectivity index (χ2n) is 5.79. The van der Waals surface area contributed by atoms with Crippen LogP contribution in [0.5, 0.6) is 5.75 Å². The summed E-state index contributed by atoms with van der Waals surface area (Å²) in [7, 11) is 0. The first-order valence-corrected chi connectivity index (χ1v) is 8.17. The molecule has 0 aliphatic carbocycles. The third-order valence-electron chi connectivity index (χ3n) is 4.09. The number of hydrogen-bond acceptors (Lipinski definition) is 2. The zero-order valence-electron chi connectivity index (χ0n) is 14.0. The Labute approximate surface area is 137 Å². The van der Waals surface area contributed by atoms with E-state index < -0.39 is 5.97 Å². The molecule has 3 nitrogen and oxygen atoms in total. The molecule has 0 aromatic heterocycles. The van der Waals surface area contributed by atoms with Gasteiger partial charge in [0.1, 0.15) is 5.75 Å². The highest BCUT2D eigenvalue weighted by atomic mass is 16.5. The van der Waals surface area contributed by atoms with E-state index in [-0.39, 0.29) is 5.92 Å². The molecule has 0 radical (unpaired) electrons. The topological polar surface area (TPSA) is 46.5 Å². The van der Waals surface area contributed by atoms with Crippen LogP contribution in [0.3, 0.4) is 0 Å². The van der Waals surface area contributed by atoms with Gasteiger partial charge in [-0.3, -0.25) is 0 Å². The lowest BCUT2D eigenvalue weighted by molar-refractivity contribution is 0.0695. The van der Waals surface area contributed by atoms with E-state index in [1.165, 1.54) is 0 Å². The van der Waals surface area contributed by atoms with Crippen molar-refractivity contribution in [1.82, 2.24) is 0 Å². The summed E-state index contributed by atoms with van der Waals surface area (Å²) < 4.78 is 5.60.